The van der Waals surface area contributed by atoms with Crippen molar-refractivity contribution < 1.29 is 9.47 Å². The van der Waals surface area contributed by atoms with Gasteiger partial charge in [0.15, 0.2) is 5.96 Å². The molecule has 8 heteroatoms. The second kappa shape index (κ2) is 16.1. The molecule has 0 bridgehead atoms. The van der Waals surface area contributed by atoms with Gasteiger partial charge in [-0.2, -0.15) is 5.10 Å². The fourth-order valence-electron chi connectivity index (χ4n) is 3.80. The average Bonchev–Trinajstić information content (AvgIpc) is 3.20. The minimum Gasteiger partial charge on any atom is -0.381 e. The van der Waals surface area contributed by atoms with E-state index < -0.39 is 0 Å². The third-order valence-electron chi connectivity index (χ3n) is 5.69. The van der Waals surface area contributed by atoms with E-state index in [-0.39, 0.29) is 24.0 Å². The van der Waals surface area contributed by atoms with Crippen molar-refractivity contribution in [3.63, 3.8) is 0 Å². The second-order valence-electron chi connectivity index (χ2n) is 8.30. The van der Waals surface area contributed by atoms with Crippen LogP contribution in [0.25, 0.3) is 5.69 Å². The van der Waals surface area contributed by atoms with Gasteiger partial charge in [0.2, 0.25) is 0 Å². The lowest BCUT2D eigenvalue weighted by Crippen LogP contribution is -2.38. The lowest BCUT2D eigenvalue weighted by Gasteiger charge is -2.21. The van der Waals surface area contributed by atoms with Crippen LogP contribution in [0.5, 0.6) is 0 Å². The van der Waals surface area contributed by atoms with Crippen molar-refractivity contribution in [1.29, 1.82) is 0 Å². The number of aromatic nitrogens is 2. The highest BCUT2D eigenvalue weighted by Crippen LogP contribution is 2.15. The SMILES string of the molecule is CCNC(=NCCCc1cn(-c2ccccc2)nc1C)NCCCOCC1CCOCC1.I. The van der Waals surface area contributed by atoms with Crippen molar-refractivity contribution in [3.05, 3.63) is 47.8 Å². The first-order valence-corrected chi connectivity index (χ1v) is 12.0. The normalized spacial score (nSPS) is 14.7. The number of nitrogens with zero attached hydrogens (tertiary/aromatic N) is 3. The maximum Gasteiger partial charge on any atom is 0.191 e. The molecule has 0 saturated carbocycles. The van der Waals surface area contributed by atoms with Gasteiger partial charge in [0.1, 0.15) is 0 Å². The molecule has 7 nitrogen and oxygen atoms in total. The number of nitrogens with one attached hydrogen (secondary N) is 2. The standard InChI is InChI=1S/C25H39N5O2.HI/c1-3-26-25(28-15-8-16-32-20-22-12-17-31-18-13-22)27-14-7-9-23-19-30(29-21(23)2)24-10-5-4-6-11-24;/h4-6,10-11,19,22H,3,7-9,12-18,20H2,1-2H3,(H2,26,27,28);1H. The zero-order chi connectivity index (χ0) is 22.4. The molecule has 0 amide bonds. The van der Waals surface area contributed by atoms with Crippen LogP contribution in [0.3, 0.4) is 0 Å². The molecule has 1 aliphatic heterocycles. The van der Waals surface area contributed by atoms with Gasteiger partial charge in [-0.05, 0) is 69.6 Å². The Labute approximate surface area is 215 Å². The van der Waals surface area contributed by atoms with Crippen LogP contribution in [0.1, 0.15) is 43.9 Å². The van der Waals surface area contributed by atoms with Crippen molar-refractivity contribution >= 4 is 29.9 Å². The van der Waals surface area contributed by atoms with E-state index in [1.807, 2.05) is 22.9 Å². The number of aliphatic imine (C=N–C) groups is 1. The van der Waals surface area contributed by atoms with E-state index in [1.165, 1.54) is 5.56 Å². The number of para-hydroxylation sites is 1. The molecule has 1 aromatic carbocycles. The Morgan fingerprint density at radius 1 is 1.18 bits per heavy atom. The summed E-state index contributed by atoms with van der Waals surface area (Å²) >= 11 is 0. The van der Waals surface area contributed by atoms with E-state index in [4.69, 9.17) is 14.5 Å². The van der Waals surface area contributed by atoms with Crippen molar-refractivity contribution in [1.82, 2.24) is 20.4 Å². The Morgan fingerprint density at radius 3 is 2.73 bits per heavy atom. The van der Waals surface area contributed by atoms with Gasteiger partial charge in [0, 0.05) is 52.3 Å². The number of benzene rings is 1. The molecule has 2 heterocycles. The number of ether oxygens (including phenoxy) is 2. The third kappa shape index (κ3) is 10.0. The first-order valence-electron chi connectivity index (χ1n) is 12.0. The van der Waals surface area contributed by atoms with Crippen molar-refractivity contribution in [2.45, 2.75) is 46.0 Å². The number of hydrogen-bond donors (Lipinski definition) is 2. The maximum atomic E-state index is 5.84. The fraction of sp³-hybridized carbons (Fsp3) is 0.600. The molecular weight excluding hydrogens is 529 g/mol. The molecular formula is C25H40IN5O2. The van der Waals surface area contributed by atoms with Gasteiger partial charge in [0.25, 0.3) is 0 Å². The van der Waals surface area contributed by atoms with Crippen molar-refractivity contribution in [3.8, 4) is 5.69 Å². The summed E-state index contributed by atoms with van der Waals surface area (Å²) in [5, 5.41) is 11.4. The predicted molar refractivity (Wildman–Crippen MR) is 145 cm³/mol. The summed E-state index contributed by atoms with van der Waals surface area (Å²) < 4.78 is 13.2. The topological polar surface area (TPSA) is 72.7 Å². The van der Waals surface area contributed by atoms with Gasteiger partial charge in [-0.15, -0.1) is 24.0 Å². The number of hydrogen-bond acceptors (Lipinski definition) is 4. The Balaban J connectivity index is 0.00000385. The first-order chi connectivity index (χ1) is 15.8. The van der Waals surface area contributed by atoms with Gasteiger partial charge in [-0.25, -0.2) is 4.68 Å². The molecule has 1 aromatic heterocycles. The molecule has 1 saturated heterocycles. The summed E-state index contributed by atoms with van der Waals surface area (Å²) in [7, 11) is 0. The second-order valence-corrected chi connectivity index (χ2v) is 8.30. The molecule has 33 heavy (non-hydrogen) atoms. The van der Waals surface area contributed by atoms with Crippen molar-refractivity contribution in [2.24, 2.45) is 10.9 Å². The van der Waals surface area contributed by atoms with Crippen LogP contribution in [0.15, 0.2) is 41.5 Å². The molecule has 0 unspecified atom stereocenters. The van der Waals surface area contributed by atoms with Crippen LogP contribution in [-0.2, 0) is 15.9 Å². The summed E-state index contributed by atoms with van der Waals surface area (Å²) in [4.78, 5) is 4.73. The molecule has 1 fully saturated rings. The largest absolute Gasteiger partial charge is 0.381 e. The molecule has 1 aliphatic rings. The van der Waals surface area contributed by atoms with E-state index in [1.54, 1.807) is 0 Å². The highest BCUT2D eigenvalue weighted by Gasteiger charge is 2.13. The van der Waals surface area contributed by atoms with Crippen LogP contribution in [0.4, 0.5) is 0 Å². The van der Waals surface area contributed by atoms with Gasteiger partial charge >= 0.3 is 0 Å². The minimum atomic E-state index is 0. The van der Waals surface area contributed by atoms with E-state index in [2.05, 4.69) is 47.9 Å². The predicted octanol–water partition coefficient (Wildman–Crippen LogP) is 4.12. The summed E-state index contributed by atoms with van der Waals surface area (Å²) in [5.41, 5.74) is 3.46. The summed E-state index contributed by atoms with van der Waals surface area (Å²) in [5.74, 6) is 1.55. The molecule has 0 atom stereocenters. The Kier molecular flexibility index (Phi) is 13.4. The van der Waals surface area contributed by atoms with Crippen LogP contribution in [-0.4, -0.2) is 61.8 Å². The van der Waals surface area contributed by atoms with Gasteiger partial charge in [0.05, 0.1) is 11.4 Å². The van der Waals surface area contributed by atoms with E-state index in [9.17, 15) is 0 Å². The number of aryl methyl sites for hydroxylation is 2. The third-order valence-corrected chi connectivity index (χ3v) is 5.69. The molecule has 184 valence electrons. The molecule has 3 rings (SSSR count). The van der Waals surface area contributed by atoms with E-state index >= 15 is 0 Å². The fourth-order valence-corrected chi connectivity index (χ4v) is 3.80. The lowest BCUT2D eigenvalue weighted by atomic mass is 10.0. The lowest BCUT2D eigenvalue weighted by molar-refractivity contribution is 0.0203. The van der Waals surface area contributed by atoms with Gasteiger partial charge < -0.3 is 20.1 Å². The highest BCUT2D eigenvalue weighted by molar-refractivity contribution is 14.0. The maximum absolute atomic E-state index is 5.84. The highest BCUT2D eigenvalue weighted by atomic mass is 127. The van der Waals surface area contributed by atoms with Crippen LogP contribution in [0, 0.1) is 12.8 Å². The zero-order valence-electron chi connectivity index (χ0n) is 20.1. The quantitative estimate of drug-likeness (QED) is 0.174. The summed E-state index contributed by atoms with van der Waals surface area (Å²) in [6, 6.07) is 10.2. The van der Waals surface area contributed by atoms with Crippen LogP contribution in [0.2, 0.25) is 0 Å². The molecule has 2 aromatic rings. The summed E-state index contributed by atoms with van der Waals surface area (Å²) in [6.07, 6.45) is 7.33. The molecule has 0 spiro atoms. The minimum absolute atomic E-state index is 0. The molecule has 2 N–H and O–H groups in total. The monoisotopic (exact) mass is 569 g/mol. The molecule has 0 aliphatic carbocycles. The number of rotatable bonds is 12. The van der Waals surface area contributed by atoms with Crippen LogP contribution < -0.4 is 10.6 Å². The first kappa shape index (κ1) is 27.6. The number of guanidine groups is 1. The smallest absolute Gasteiger partial charge is 0.191 e. The van der Waals surface area contributed by atoms with Gasteiger partial charge in [-0.3, -0.25) is 4.99 Å². The Bertz CT molecular complexity index is 806. The Morgan fingerprint density at radius 2 is 1.97 bits per heavy atom. The number of halogens is 1. The average molecular weight is 570 g/mol. The Hall–Kier alpha value is -1.65. The molecule has 0 radical (unpaired) electrons. The van der Waals surface area contributed by atoms with E-state index in [0.717, 1.165) is 95.5 Å². The van der Waals surface area contributed by atoms with E-state index in [0.29, 0.717) is 5.92 Å². The van der Waals surface area contributed by atoms with Crippen LogP contribution >= 0.6 is 24.0 Å². The zero-order valence-corrected chi connectivity index (χ0v) is 22.4. The van der Waals surface area contributed by atoms with Gasteiger partial charge in [-0.1, -0.05) is 18.2 Å². The summed E-state index contributed by atoms with van der Waals surface area (Å²) in [6.45, 7) is 10.1. The van der Waals surface area contributed by atoms with Crippen molar-refractivity contribution in [2.75, 3.05) is 46.1 Å².